The molecule has 0 spiro atoms. The number of benzene rings is 1. The number of rotatable bonds is 5. The molecule has 0 aliphatic carbocycles. The van der Waals surface area contributed by atoms with Crippen molar-refractivity contribution in [1.82, 2.24) is 0 Å². The molecule has 0 unspecified atom stereocenters. The molecular weight excluding hydrogens is 202 g/mol. The second kappa shape index (κ2) is 6.08. The second-order valence-electron chi connectivity index (χ2n) is 3.68. The van der Waals surface area contributed by atoms with E-state index in [1.807, 2.05) is 25.1 Å². The van der Waals surface area contributed by atoms with Gasteiger partial charge in [0.25, 0.3) is 0 Å². The van der Waals surface area contributed by atoms with E-state index in [4.69, 9.17) is 5.11 Å². The highest BCUT2D eigenvalue weighted by Gasteiger charge is 2.04. The van der Waals surface area contributed by atoms with Gasteiger partial charge in [-0.1, -0.05) is 24.3 Å². The topological polar surface area (TPSA) is 49.3 Å². The lowest BCUT2D eigenvalue weighted by Gasteiger charge is -2.10. The first-order valence-corrected chi connectivity index (χ1v) is 5.31. The summed E-state index contributed by atoms with van der Waals surface area (Å²) in [5.41, 5.74) is 2.98. The molecule has 3 heteroatoms. The zero-order chi connectivity index (χ0) is 12.0. The van der Waals surface area contributed by atoms with Crippen LogP contribution in [0.2, 0.25) is 0 Å². The van der Waals surface area contributed by atoms with E-state index in [2.05, 4.69) is 11.9 Å². The molecule has 0 saturated carbocycles. The summed E-state index contributed by atoms with van der Waals surface area (Å²) in [5, 5.41) is 11.6. The quantitative estimate of drug-likeness (QED) is 0.744. The number of anilines is 1. The van der Waals surface area contributed by atoms with Gasteiger partial charge in [0.2, 0.25) is 5.91 Å². The van der Waals surface area contributed by atoms with E-state index in [9.17, 15) is 4.79 Å². The third-order valence-corrected chi connectivity index (χ3v) is 2.31. The summed E-state index contributed by atoms with van der Waals surface area (Å²) in [6.07, 6.45) is 2.70. The van der Waals surface area contributed by atoms with Crippen molar-refractivity contribution in [3.05, 3.63) is 42.0 Å². The summed E-state index contributed by atoms with van der Waals surface area (Å²) in [4.78, 5) is 11.2. The Balaban J connectivity index is 2.88. The fraction of sp³-hybridized carbons (Fsp3) is 0.308. The molecule has 3 nitrogen and oxygen atoms in total. The molecule has 0 fully saturated rings. The van der Waals surface area contributed by atoms with Crippen LogP contribution >= 0.6 is 0 Å². The fourth-order valence-electron chi connectivity index (χ4n) is 1.50. The van der Waals surface area contributed by atoms with Gasteiger partial charge in [0, 0.05) is 12.3 Å². The Bertz CT molecular complexity index is 386. The lowest BCUT2D eigenvalue weighted by Crippen LogP contribution is -2.09. The van der Waals surface area contributed by atoms with Gasteiger partial charge in [-0.05, 0) is 37.5 Å². The minimum absolute atomic E-state index is 0.156. The van der Waals surface area contributed by atoms with Crippen LogP contribution in [0.4, 0.5) is 5.69 Å². The van der Waals surface area contributed by atoms with Crippen LogP contribution in [0.1, 0.15) is 17.5 Å². The van der Waals surface area contributed by atoms with E-state index < -0.39 is 0 Å². The van der Waals surface area contributed by atoms with Gasteiger partial charge in [0.1, 0.15) is 0 Å². The van der Waals surface area contributed by atoms with Gasteiger partial charge in [0.05, 0.1) is 0 Å². The molecule has 0 aliphatic rings. The van der Waals surface area contributed by atoms with Crippen LogP contribution < -0.4 is 5.32 Å². The fourth-order valence-corrected chi connectivity index (χ4v) is 1.50. The maximum atomic E-state index is 11.2. The van der Waals surface area contributed by atoms with Crippen LogP contribution in [0.25, 0.3) is 0 Å². The van der Waals surface area contributed by atoms with Crippen LogP contribution in [0.3, 0.4) is 0 Å². The van der Waals surface area contributed by atoms with Crippen molar-refractivity contribution >= 4 is 11.6 Å². The van der Waals surface area contributed by atoms with Crippen molar-refractivity contribution in [2.75, 3.05) is 11.9 Å². The number of hydrogen-bond donors (Lipinski definition) is 2. The Labute approximate surface area is 95.8 Å². The zero-order valence-corrected chi connectivity index (χ0v) is 9.49. The lowest BCUT2D eigenvalue weighted by atomic mass is 10.0. The molecule has 1 rings (SSSR count). The molecule has 0 radical (unpaired) electrons. The Morgan fingerprint density at radius 3 is 2.94 bits per heavy atom. The highest BCUT2D eigenvalue weighted by molar-refractivity contribution is 5.99. The van der Waals surface area contributed by atoms with E-state index in [1.165, 1.54) is 6.08 Å². The zero-order valence-electron chi connectivity index (χ0n) is 9.49. The summed E-state index contributed by atoms with van der Waals surface area (Å²) in [6.45, 7) is 5.57. The predicted molar refractivity (Wildman–Crippen MR) is 65.4 cm³/mol. The third kappa shape index (κ3) is 3.51. The maximum absolute atomic E-state index is 11.2. The standard InChI is InChI=1S/C13H17NO2/c1-3-13(16)14-12-7-6-10(2)9-11(12)5-4-8-15/h3,6-7,9,15H,1,4-5,8H2,2H3,(H,14,16). The Hall–Kier alpha value is -1.61. The molecular formula is C13H17NO2. The number of carbonyl (C=O) groups excluding carboxylic acids is 1. The summed E-state index contributed by atoms with van der Waals surface area (Å²) in [7, 11) is 0. The number of aliphatic hydroxyl groups is 1. The predicted octanol–water partition coefficient (Wildman–Crippen LogP) is 2.04. The average Bonchev–Trinajstić information content (AvgIpc) is 2.29. The normalized spacial score (nSPS) is 9.88. The lowest BCUT2D eigenvalue weighted by molar-refractivity contribution is -0.111. The molecule has 0 atom stereocenters. The summed E-state index contributed by atoms with van der Waals surface area (Å²) in [6, 6.07) is 5.85. The number of aliphatic hydroxyl groups excluding tert-OH is 1. The minimum atomic E-state index is -0.214. The molecule has 0 aromatic heterocycles. The van der Waals surface area contributed by atoms with Crippen LogP contribution in [0.5, 0.6) is 0 Å². The van der Waals surface area contributed by atoms with Crippen LogP contribution in [0, 0.1) is 6.92 Å². The highest BCUT2D eigenvalue weighted by atomic mass is 16.2. The Morgan fingerprint density at radius 1 is 1.56 bits per heavy atom. The molecule has 86 valence electrons. The SMILES string of the molecule is C=CC(=O)Nc1ccc(C)cc1CCCO. The summed E-state index contributed by atoms with van der Waals surface area (Å²) >= 11 is 0. The van der Waals surface area contributed by atoms with Crippen molar-refractivity contribution in [2.45, 2.75) is 19.8 Å². The Kier molecular flexibility index (Phi) is 4.73. The van der Waals surface area contributed by atoms with Crippen molar-refractivity contribution in [3.8, 4) is 0 Å². The summed E-state index contributed by atoms with van der Waals surface area (Å²) in [5.74, 6) is -0.214. The number of carbonyl (C=O) groups is 1. The van der Waals surface area contributed by atoms with Gasteiger partial charge in [0.15, 0.2) is 0 Å². The highest BCUT2D eigenvalue weighted by Crippen LogP contribution is 2.19. The smallest absolute Gasteiger partial charge is 0.247 e. The maximum Gasteiger partial charge on any atom is 0.247 e. The van der Waals surface area contributed by atoms with Gasteiger partial charge in [-0.3, -0.25) is 4.79 Å². The van der Waals surface area contributed by atoms with Crippen molar-refractivity contribution in [3.63, 3.8) is 0 Å². The molecule has 0 heterocycles. The van der Waals surface area contributed by atoms with E-state index in [-0.39, 0.29) is 12.5 Å². The molecule has 0 aliphatic heterocycles. The largest absolute Gasteiger partial charge is 0.396 e. The van der Waals surface area contributed by atoms with Crippen molar-refractivity contribution in [2.24, 2.45) is 0 Å². The monoisotopic (exact) mass is 219 g/mol. The van der Waals surface area contributed by atoms with Crippen LogP contribution in [0.15, 0.2) is 30.9 Å². The molecule has 0 bridgehead atoms. The molecule has 2 N–H and O–H groups in total. The number of nitrogens with one attached hydrogen (secondary N) is 1. The number of hydrogen-bond acceptors (Lipinski definition) is 2. The molecule has 1 amide bonds. The first-order chi connectivity index (χ1) is 7.67. The Morgan fingerprint density at radius 2 is 2.31 bits per heavy atom. The number of aryl methyl sites for hydroxylation is 2. The van der Waals surface area contributed by atoms with Gasteiger partial charge in [-0.2, -0.15) is 0 Å². The van der Waals surface area contributed by atoms with Crippen molar-refractivity contribution in [1.29, 1.82) is 0 Å². The van der Waals surface area contributed by atoms with Gasteiger partial charge in [-0.15, -0.1) is 0 Å². The molecule has 0 saturated heterocycles. The van der Waals surface area contributed by atoms with Crippen LogP contribution in [-0.2, 0) is 11.2 Å². The first-order valence-electron chi connectivity index (χ1n) is 5.31. The van der Waals surface area contributed by atoms with E-state index in [0.717, 1.165) is 23.2 Å². The molecule has 1 aromatic rings. The molecule has 1 aromatic carbocycles. The molecule has 16 heavy (non-hydrogen) atoms. The van der Waals surface area contributed by atoms with Crippen LogP contribution in [-0.4, -0.2) is 17.6 Å². The average molecular weight is 219 g/mol. The van der Waals surface area contributed by atoms with E-state index >= 15 is 0 Å². The van der Waals surface area contributed by atoms with Crippen molar-refractivity contribution < 1.29 is 9.90 Å². The number of amides is 1. The minimum Gasteiger partial charge on any atom is -0.396 e. The second-order valence-corrected chi connectivity index (χ2v) is 3.68. The van der Waals surface area contributed by atoms with Gasteiger partial charge < -0.3 is 10.4 Å². The van der Waals surface area contributed by atoms with Gasteiger partial charge >= 0.3 is 0 Å². The van der Waals surface area contributed by atoms with E-state index in [0.29, 0.717) is 6.42 Å². The third-order valence-electron chi connectivity index (χ3n) is 2.31. The first kappa shape index (κ1) is 12.5. The van der Waals surface area contributed by atoms with E-state index in [1.54, 1.807) is 0 Å². The summed E-state index contributed by atoms with van der Waals surface area (Å²) < 4.78 is 0. The van der Waals surface area contributed by atoms with Gasteiger partial charge in [-0.25, -0.2) is 0 Å².